The van der Waals surface area contributed by atoms with Gasteiger partial charge in [-0.05, 0) is 29.4 Å². The molecule has 0 aromatic carbocycles. The molecule has 0 saturated carbocycles. The predicted octanol–water partition coefficient (Wildman–Crippen LogP) is 4.66. The first-order valence-corrected chi connectivity index (χ1v) is 10.1. The van der Waals surface area contributed by atoms with E-state index < -0.39 is 32.4 Å². The average Bonchev–Trinajstić information content (AvgIpc) is 2.93. The van der Waals surface area contributed by atoms with E-state index in [0.717, 1.165) is 0 Å². The largest absolute Gasteiger partial charge is 0.273 e. The van der Waals surface area contributed by atoms with Gasteiger partial charge in [0.2, 0.25) is 0 Å². The number of nitrogens with zero attached hydrogens (tertiary/aromatic N) is 3. The van der Waals surface area contributed by atoms with Crippen molar-refractivity contribution in [2.24, 2.45) is 0 Å². The Kier molecular flexibility index (Phi) is 4.06. The summed E-state index contributed by atoms with van der Waals surface area (Å²) in [7, 11) is -2.01. The van der Waals surface area contributed by atoms with Gasteiger partial charge in [-0.2, -0.15) is 9.49 Å². The number of aromatic amines is 1. The molecule has 8 heteroatoms. The van der Waals surface area contributed by atoms with Crippen molar-refractivity contribution in [3.63, 3.8) is 0 Å². The zero-order valence-corrected chi connectivity index (χ0v) is 15.4. The molecule has 0 saturated heterocycles. The van der Waals surface area contributed by atoms with Crippen LogP contribution in [0.2, 0.25) is 0 Å². The lowest BCUT2D eigenvalue weighted by Crippen LogP contribution is -2.26. The van der Waals surface area contributed by atoms with Crippen LogP contribution in [0.1, 0.15) is 20.8 Å². The molecule has 3 rings (SSSR count). The summed E-state index contributed by atoms with van der Waals surface area (Å²) in [6.45, 7) is 5.65. The van der Waals surface area contributed by atoms with Crippen LogP contribution in [0.15, 0.2) is 23.2 Å². The van der Waals surface area contributed by atoms with Gasteiger partial charge < -0.3 is 0 Å². The summed E-state index contributed by atoms with van der Waals surface area (Å²) >= 11 is 0. The summed E-state index contributed by atoms with van der Waals surface area (Å²) in [6.07, 6.45) is 5.08. The first-order chi connectivity index (χ1) is 11.6. The molecule has 134 valence electrons. The van der Waals surface area contributed by atoms with Crippen LogP contribution in [0.5, 0.6) is 0 Å². The van der Waals surface area contributed by atoms with Crippen LogP contribution in [0.25, 0.3) is 22.4 Å². The maximum Gasteiger partial charge on any atom is 0.250 e. The standard InChI is InChI=1S/C17H19F3N4S/c1-17(2,3)25(4,5)14-10(18)13(22-15(20)11(14)19)12-9-7-6-8-21-16(9)24-23-12/h6-8H,1-5H3,(H,21,23,24). The number of rotatable bonds is 2. The Labute approximate surface area is 145 Å². The SMILES string of the molecule is CC(C)(C)S(C)(C)c1c(F)c(F)nc(-c2[nH]nc3ncccc23)c1F. The van der Waals surface area contributed by atoms with Crippen LogP contribution in [0.4, 0.5) is 13.2 Å². The second-order valence-electron chi connectivity index (χ2n) is 7.12. The number of halogens is 3. The predicted molar refractivity (Wildman–Crippen MR) is 94.5 cm³/mol. The van der Waals surface area contributed by atoms with Gasteiger partial charge in [-0.25, -0.2) is 28.8 Å². The maximum absolute atomic E-state index is 15.3. The van der Waals surface area contributed by atoms with Crippen molar-refractivity contribution in [1.29, 1.82) is 0 Å². The Morgan fingerprint density at radius 3 is 2.40 bits per heavy atom. The molecule has 0 spiro atoms. The van der Waals surface area contributed by atoms with E-state index in [0.29, 0.717) is 11.0 Å². The second kappa shape index (κ2) is 5.72. The average molecular weight is 368 g/mol. The van der Waals surface area contributed by atoms with Crippen LogP contribution >= 0.6 is 10.0 Å². The maximum atomic E-state index is 15.3. The molecule has 0 unspecified atom stereocenters. The van der Waals surface area contributed by atoms with Crippen LogP contribution in [0, 0.1) is 17.6 Å². The van der Waals surface area contributed by atoms with Crippen molar-refractivity contribution in [3.05, 3.63) is 35.9 Å². The van der Waals surface area contributed by atoms with Gasteiger partial charge in [0, 0.05) is 11.6 Å². The van der Waals surface area contributed by atoms with E-state index in [-0.39, 0.29) is 16.3 Å². The van der Waals surface area contributed by atoms with Gasteiger partial charge in [0.05, 0.1) is 10.6 Å². The molecule has 0 aliphatic carbocycles. The minimum Gasteiger partial charge on any atom is -0.273 e. The fraction of sp³-hybridized carbons (Fsp3) is 0.353. The molecule has 0 aliphatic rings. The number of fused-ring (bicyclic) bond motifs is 1. The molecule has 0 fully saturated rings. The van der Waals surface area contributed by atoms with Crippen molar-refractivity contribution in [2.45, 2.75) is 30.4 Å². The number of nitrogens with one attached hydrogen (secondary N) is 1. The van der Waals surface area contributed by atoms with Crippen LogP contribution in [-0.2, 0) is 0 Å². The van der Waals surface area contributed by atoms with E-state index in [9.17, 15) is 8.78 Å². The topological polar surface area (TPSA) is 54.5 Å². The third-order valence-electron chi connectivity index (χ3n) is 4.61. The Hall–Kier alpha value is -2.09. The molecule has 25 heavy (non-hydrogen) atoms. The van der Waals surface area contributed by atoms with Gasteiger partial charge in [-0.1, -0.05) is 20.8 Å². The van der Waals surface area contributed by atoms with E-state index in [1.54, 1.807) is 30.8 Å². The number of aromatic nitrogens is 4. The lowest BCUT2D eigenvalue weighted by atomic mass is 10.2. The van der Waals surface area contributed by atoms with Crippen LogP contribution in [0.3, 0.4) is 0 Å². The molecule has 1 N–H and O–H groups in total. The quantitative estimate of drug-likeness (QED) is 0.670. The third-order valence-corrected chi connectivity index (χ3v) is 9.05. The van der Waals surface area contributed by atoms with E-state index in [1.165, 1.54) is 0 Å². The molecule has 4 nitrogen and oxygen atoms in total. The Balaban J connectivity index is 2.34. The van der Waals surface area contributed by atoms with Gasteiger partial charge in [0.1, 0.15) is 5.69 Å². The zero-order valence-electron chi connectivity index (χ0n) is 14.6. The summed E-state index contributed by atoms with van der Waals surface area (Å²) < 4.78 is 43.7. The summed E-state index contributed by atoms with van der Waals surface area (Å²) in [5.74, 6) is -3.40. The lowest BCUT2D eigenvalue weighted by Gasteiger charge is -2.45. The van der Waals surface area contributed by atoms with Crippen molar-refractivity contribution < 1.29 is 13.2 Å². The summed E-state index contributed by atoms with van der Waals surface area (Å²) in [6, 6.07) is 3.33. The van der Waals surface area contributed by atoms with Crippen molar-refractivity contribution in [2.75, 3.05) is 12.5 Å². The molecule has 0 atom stereocenters. The highest BCUT2D eigenvalue weighted by Gasteiger charge is 2.37. The van der Waals surface area contributed by atoms with Gasteiger partial charge in [0.25, 0.3) is 5.95 Å². The smallest absolute Gasteiger partial charge is 0.250 e. The minimum atomic E-state index is -2.01. The molecular weight excluding hydrogens is 349 g/mol. The Bertz CT molecular complexity index is 960. The van der Waals surface area contributed by atoms with Gasteiger partial charge in [0.15, 0.2) is 17.3 Å². The first-order valence-electron chi connectivity index (χ1n) is 7.62. The highest BCUT2D eigenvalue weighted by atomic mass is 32.3. The Morgan fingerprint density at radius 2 is 1.76 bits per heavy atom. The molecule has 0 aliphatic heterocycles. The summed E-state index contributed by atoms with van der Waals surface area (Å²) in [5.41, 5.74) is 0.256. The number of pyridine rings is 2. The minimum absolute atomic E-state index is 0.185. The van der Waals surface area contributed by atoms with E-state index >= 15 is 4.39 Å². The van der Waals surface area contributed by atoms with Gasteiger partial charge in [-0.3, -0.25) is 5.10 Å². The zero-order chi connectivity index (χ0) is 18.6. The molecule has 3 aromatic rings. The number of H-pyrrole nitrogens is 1. The normalized spacial score (nSPS) is 13.4. The van der Waals surface area contributed by atoms with Crippen LogP contribution < -0.4 is 0 Å². The summed E-state index contributed by atoms with van der Waals surface area (Å²) in [4.78, 5) is 7.33. The summed E-state index contributed by atoms with van der Waals surface area (Å²) in [5, 5.41) is 7.11. The van der Waals surface area contributed by atoms with Gasteiger partial charge >= 0.3 is 0 Å². The molecule has 0 bridgehead atoms. The van der Waals surface area contributed by atoms with Crippen molar-refractivity contribution in [1.82, 2.24) is 20.2 Å². The number of hydrogen-bond donors (Lipinski definition) is 1. The van der Waals surface area contributed by atoms with Crippen molar-refractivity contribution >= 4 is 21.1 Å². The van der Waals surface area contributed by atoms with E-state index in [1.807, 2.05) is 20.8 Å². The fourth-order valence-corrected chi connectivity index (χ4v) is 4.13. The second-order valence-corrected chi connectivity index (χ2v) is 11.4. The van der Waals surface area contributed by atoms with E-state index in [4.69, 9.17) is 0 Å². The molecule has 0 amide bonds. The van der Waals surface area contributed by atoms with Crippen LogP contribution in [-0.4, -0.2) is 37.4 Å². The van der Waals surface area contributed by atoms with Crippen molar-refractivity contribution in [3.8, 4) is 11.4 Å². The Morgan fingerprint density at radius 1 is 1.08 bits per heavy atom. The monoisotopic (exact) mass is 368 g/mol. The fourth-order valence-electron chi connectivity index (χ4n) is 2.44. The molecule has 0 radical (unpaired) electrons. The highest BCUT2D eigenvalue weighted by Crippen LogP contribution is 2.61. The highest BCUT2D eigenvalue weighted by molar-refractivity contribution is 8.33. The molecule has 3 aromatic heterocycles. The number of hydrogen-bond acceptors (Lipinski definition) is 3. The third kappa shape index (κ3) is 2.68. The molecular formula is C17H19F3N4S. The van der Waals surface area contributed by atoms with Gasteiger partial charge in [-0.15, -0.1) is 0 Å². The lowest BCUT2D eigenvalue weighted by molar-refractivity contribution is 0.439. The van der Waals surface area contributed by atoms with E-state index in [2.05, 4.69) is 20.2 Å². The molecule has 3 heterocycles. The first kappa shape index (κ1) is 17.7.